The zero-order valence-electron chi connectivity index (χ0n) is 6.23. The number of pyridine rings is 1. The van der Waals surface area contributed by atoms with Gasteiger partial charge in [0.25, 0.3) is 0 Å². The molecule has 60 valence electrons. The Kier molecular flexibility index (Phi) is 1.60. The summed E-state index contributed by atoms with van der Waals surface area (Å²) in [6.45, 7) is 0. The molecule has 0 atom stereocenters. The van der Waals surface area contributed by atoms with Gasteiger partial charge in [-0.25, -0.2) is 0 Å². The number of fused-ring (bicyclic) bond motifs is 1. The van der Waals surface area contributed by atoms with Crippen molar-refractivity contribution in [2.75, 3.05) is 0 Å². The number of nitrogens with one attached hydrogen (secondary N) is 1. The molecule has 0 saturated carbocycles. The van der Waals surface area contributed by atoms with Crippen LogP contribution in [0.4, 0.5) is 0 Å². The van der Waals surface area contributed by atoms with Crippen molar-refractivity contribution in [1.29, 1.82) is 0 Å². The quantitative estimate of drug-likeness (QED) is 0.483. The van der Waals surface area contributed by atoms with Gasteiger partial charge < -0.3 is 15.0 Å². The molecule has 0 aliphatic carbocycles. The maximum atomic E-state index is 8.95. The summed E-state index contributed by atoms with van der Waals surface area (Å²) < 4.78 is 0. The highest BCUT2D eigenvalue weighted by Crippen LogP contribution is 2.04. The summed E-state index contributed by atoms with van der Waals surface area (Å²) in [6, 6.07) is 3.35. The van der Waals surface area contributed by atoms with E-state index in [2.05, 4.69) is 9.97 Å². The van der Waals surface area contributed by atoms with Crippen LogP contribution in [0.15, 0.2) is 24.5 Å². The minimum Gasteiger partial charge on any atom is -0.423 e. The summed E-state index contributed by atoms with van der Waals surface area (Å²) in [5.41, 5.74) is 1.86. The Balaban J connectivity index is 2.73. The normalized spacial score (nSPS) is 10.5. The SMILES string of the molecule is OB(O)c1ccnc2cc[nH]c12. The van der Waals surface area contributed by atoms with E-state index >= 15 is 0 Å². The van der Waals surface area contributed by atoms with Crippen molar-refractivity contribution in [1.82, 2.24) is 9.97 Å². The molecule has 5 heteroatoms. The molecule has 0 aliphatic rings. The number of rotatable bonds is 1. The minimum atomic E-state index is -1.45. The van der Waals surface area contributed by atoms with Gasteiger partial charge in [-0.2, -0.15) is 0 Å². The average Bonchev–Trinajstić information content (AvgIpc) is 2.49. The minimum absolute atomic E-state index is 0.449. The number of nitrogens with zero attached hydrogens (tertiary/aromatic N) is 1. The first-order chi connectivity index (χ1) is 5.79. The molecule has 0 bridgehead atoms. The fraction of sp³-hybridized carbons (Fsp3) is 0. The molecular formula is C7H7BN2O2. The van der Waals surface area contributed by atoms with Gasteiger partial charge in [-0.05, 0) is 12.1 Å². The summed E-state index contributed by atoms with van der Waals surface area (Å²) in [6.07, 6.45) is 3.26. The van der Waals surface area contributed by atoms with E-state index in [1.165, 1.54) is 0 Å². The van der Waals surface area contributed by atoms with Gasteiger partial charge in [0.2, 0.25) is 0 Å². The number of aromatic amines is 1. The van der Waals surface area contributed by atoms with Crippen LogP contribution in [0, 0.1) is 0 Å². The van der Waals surface area contributed by atoms with Crippen LogP contribution in [-0.2, 0) is 0 Å². The molecule has 0 aromatic carbocycles. The largest absolute Gasteiger partial charge is 0.490 e. The molecule has 0 unspecified atom stereocenters. The first kappa shape index (κ1) is 7.33. The first-order valence-corrected chi connectivity index (χ1v) is 3.57. The van der Waals surface area contributed by atoms with Gasteiger partial charge in [0, 0.05) is 17.9 Å². The third-order valence-electron chi connectivity index (χ3n) is 1.76. The third kappa shape index (κ3) is 0.994. The van der Waals surface area contributed by atoms with Crippen molar-refractivity contribution in [3.63, 3.8) is 0 Å². The second-order valence-electron chi connectivity index (χ2n) is 2.51. The van der Waals surface area contributed by atoms with Gasteiger partial charge in [0.15, 0.2) is 0 Å². The summed E-state index contributed by atoms with van der Waals surface area (Å²) in [4.78, 5) is 6.92. The zero-order valence-corrected chi connectivity index (χ0v) is 6.23. The Labute approximate surface area is 69.0 Å². The van der Waals surface area contributed by atoms with E-state index in [-0.39, 0.29) is 0 Å². The second-order valence-corrected chi connectivity index (χ2v) is 2.51. The molecule has 0 fully saturated rings. The van der Waals surface area contributed by atoms with E-state index in [9.17, 15) is 0 Å². The van der Waals surface area contributed by atoms with E-state index in [1.54, 1.807) is 24.5 Å². The maximum absolute atomic E-state index is 8.95. The molecule has 3 N–H and O–H groups in total. The fourth-order valence-electron chi connectivity index (χ4n) is 1.20. The monoisotopic (exact) mass is 162 g/mol. The predicted molar refractivity (Wildman–Crippen MR) is 45.9 cm³/mol. The van der Waals surface area contributed by atoms with E-state index < -0.39 is 7.12 Å². The van der Waals surface area contributed by atoms with Crippen LogP contribution in [0.25, 0.3) is 11.0 Å². The molecule has 0 saturated heterocycles. The highest BCUT2D eigenvalue weighted by atomic mass is 16.4. The molecular weight excluding hydrogens is 155 g/mol. The van der Waals surface area contributed by atoms with Crippen molar-refractivity contribution < 1.29 is 10.0 Å². The van der Waals surface area contributed by atoms with Crippen LogP contribution in [0.5, 0.6) is 0 Å². The highest BCUT2D eigenvalue weighted by molar-refractivity contribution is 6.61. The molecule has 0 aliphatic heterocycles. The number of aromatic nitrogens is 2. The van der Waals surface area contributed by atoms with Crippen molar-refractivity contribution in [2.24, 2.45) is 0 Å². The molecule has 2 heterocycles. The molecule has 2 rings (SSSR count). The van der Waals surface area contributed by atoms with Gasteiger partial charge in [0.05, 0.1) is 11.0 Å². The van der Waals surface area contributed by atoms with Crippen LogP contribution < -0.4 is 5.46 Å². The fourth-order valence-corrected chi connectivity index (χ4v) is 1.20. The van der Waals surface area contributed by atoms with Crippen molar-refractivity contribution in [3.05, 3.63) is 24.5 Å². The standard InChI is InChI=1S/C7H7BN2O2/c11-8(12)5-1-3-9-6-2-4-10-7(5)6/h1-4,10-12H. The number of hydrogen-bond acceptors (Lipinski definition) is 3. The Bertz CT molecular complexity index is 399. The van der Waals surface area contributed by atoms with Crippen LogP contribution in [0.3, 0.4) is 0 Å². The highest BCUT2D eigenvalue weighted by Gasteiger charge is 2.14. The number of hydrogen-bond donors (Lipinski definition) is 3. The zero-order chi connectivity index (χ0) is 8.55. The van der Waals surface area contributed by atoms with Gasteiger partial charge in [0.1, 0.15) is 0 Å². The van der Waals surface area contributed by atoms with Crippen molar-refractivity contribution in [2.45, 2.75) is 0 Å². The van der Waals surface area contributed by atoms with Crippen LogP contribution >= 0.6 is 0 Å². The molecule has 2 aromatic rings. The maximum Gasteiger partial charge on any atom is 0.490 e. The first-order valence-electron chi connectivity index (χ1n) is 3.57. The lowest BCUT2D eigenvalue weighted by Crippen LogP contribution is -2.30. The molecule has 0 spiro atoms. The van der Waals surface area contributed by atoms with E-state index in [0.29, 0.717) is 11.0 Å². The van der Waals surface area contributed by atoms with Crippen LogP contribution in [0.1, 0.15) is 0 Å². The lowest BCUT2D eigenvalue weighted by atomic mass is 9.80. The second kappa shape index (κ2) is 2.62. The predicted octanol–water partition coefficient (Wildman–Crippen LogP) is -0.757. The lowest BCUT2D eigenvalue weighted by molar-refractivity contribution is 0.426. The van der Waals surface area contributed by atoms with Gasteiger partial charge in [-0.15, -0.1) is 0 Å². The lowest BCUT2D eigenvalue weighted by Gasteiger charge is -1.99. The van der Waals surface area contributed by atoms with Gasteiger partial charge in [-0.1, -0.05) is 0 Å². The smallest absolute Gasteiger partial charge is 0.423 e. The van der Waals surface area contributed by atoms with Crippen molar-refractivity contribution >= 4 is 23.6 Å². The topological polar surface area (TPSA) is 69.1 Å². The van der Waals surface area contributed by atoms with Crippen molar-refractivity contribution in [3.8, 4) is 0 Å². The van der Waals surface area contributed by atoms with Crippen LogP contribution in [-0.4, -0.2) is 27.1 Å². The average molecular weight is 162 g/mol. The Morgan fingerprint density at radius 3 is 2.92 bits per heavy atom. The summed E-state index contributed by atoms with van der Waals surface area (Å²) in [7, 11) is -1.45. The molecule has 4 nitrogen and oxygen atoms in total. The van der Waals surface area contributed by atoms with Gasteiger partial charge >= 0.3 is 7.12 Å². The van der Waals surface area contributed by atoms with E-state index in [1.807, 2.05) is 0 Å². The van der Waals surface area contributed by atoms with E-state index in [4.69, 9.17) is 10.0 Å². The molecule has 2 aromatic heterocycles. The third-order valence-corrected chi connectivity index (χ3v) is 1.76. The molecule has 12 heavy (non-hydrogen) atoms. The molecule has 0 amide bonds. The summed E-state index contributed by atoms with van der Waals surface area (Å²) in [5.74, 6) is 0. The van der Waals surface area contributed by atoms with E-state index in [0.717, 1.165) is 5.52 Å². The van der Waals surface area contributed by atoms with Crippen LogP contribution in [0.2, 0.25) is 0 Å². The van der Waals surface area contributed by atoms with Gasteiger partial charge in [-0.3, -0.25) is 4.98 Å². The Hall–Kier alpha value is -1.33. The number of H-pyrrole nitrogens is 1. The Morgan fingerprint density at radius 1 is 1.33 bits per heavy atom. The molecule has 0 radical (unpaired) electrons. The Morgan fingerprint density at radius 2 is 2.17 bits per heavy atom. The summed E-state index contributed by atoms with van der Waals surface area (Å²) >= 11 is 0. The summed E-state index contributed by atoms with van der Waals surface area (Å²) in [5, 5.41) is 17.9.